The van der Waals surface area contributed by atoms with Crippen LogP contribution in [0.2, 0.25) is 0 Å². The van der Waals surface area contributed by atoms with Crippen LogP contribution in [0.3, 0.4) is 0 Å². The van der Waals surface area contributed by atoms with Crippen LogP contribution in [0.4, 0.5) is 0 Å². The standard InChI is InChI=1S/C13H19NO5S.C12H17NO6S.C12H15NO3.C12H17NO3.C11H14N2O3.C11H15NO4.C9H10BrNO3/c1-5-11(15)12-13(18-3)9(2)8-10(14-12)6-7-19-20(4,16)17;1-4-9(14)11-12(18-2)10(15)7-8(13-11)5-6-19-20(3,16)17;1-5-6-9-7-8(2)11(15-3)10(13-9)12(14)16-4;1-4-10(15)11-12(16-3)8(2)7-9(13-11)5-6-14;1-3-8(14)10-11(16-2)9(15)6-7-4-5-12-13(7)10;1-7-6-8(4-5-13)12-9(10(7)15-2)11(14)16-3;1-5-4-6(10)11-7(8(5)13-2)9(12)14-3/h8H,5-7H2,1-4H3;7H,4-6H2,1-3H3,(H,13,15);5,7H,1,6H2,2-4H3;7,14H,4-6H2,1-3H3;6,12H,3-5H2,1-2H3;6,13H,4-5H2,1-3H3;4H,1-3H3. The molecule has 0 unspecified atom stereocenters. The van der Waals surface area contributed by atoms with Crippen LogP contribution in [0.15, 0.2) is 69.3 Å². The number of carbonyl (C=O) groups is 7. The quantitative estimate of drug-likeness (QED) is 0.00764. The largest absolute Gasteiger partial charge is 0.494 e. The Morgan fingerprint density at radius 3 is 1.19 bits per heavy atom. The van der Waals surface area contributed by atoms with Gasteiger partial charge in [-0.05, 0) is 109 Å². The number of esters is 3. The summed E-state index contributed by atoms with van der Waals surface area (Å²) in [7, 11) is 7.12. The van der Waals surface area contributed by atoms with E-state index in [9.17, 15) is 60.0 Å². The number of methoxy groups -OCH3 is 10. The Morgan fingerprint density at radius 1 is 0.466 bits per heavy atom. The molecule has 0 bridgehead atoms. The number of aliphatic hydroxyl groups is 2. The van der Waals surface area contributed by atoms with Crippen molar-refractivity contribution in [3.05, 3.63) is 182 Å². The first-order chi connectivity index (χ1) is 55.7. The van der Waals surface area contributed by atoms with E-state index in [1.165, 1.54) is 83.2 Å². The van der Waals surface area contributed by atoms with E-state index in [-0.39, 0.29) is 108 Å². The van der Waals surface area contributed by atoms with E-state index in [0.717, 1.165) is 70.4 Å². The lowest BCUT2D eigenvalue weighted by molar-refractivity contribution is 0.0580. The van der Waals surface area contributed by atoms with Gasteiger partial charge in [0.25, 0.3) is 20.2 Å². The van der Waals surface area contributed by atoms with Gasteiger partial charge in [0.1, 0.15) is 21.7 Å². The monoisotopic (exact) mass is 1750 g/mol. The topological polar surface area (TPSA) is 470 Å². The van der Waals surface area contributed by atoms with Gasteiger partial charge < -0.3 is 68.0 Å². The van der Waals surface area contributed by atoms with Crippen LogP contribution in [0.1, 0.15) is 189 Å². The van der Waals surface area contributed by atoms with Crippen LogP contribution in [0.25, 0.3) is 0 Å². The Morgan fingerprint density at radius 2 is 0.814 bits per heavy atom. The van der Waals surface area contributed by atoms with Gasteiger partial charge in [-0.1, -0.05) is 33.8 Å². The predicted molar refractivity (Wildman–Crippen MR) is 441 cm³/mol. The molecule has 0 spiro atoms. The van der Waals surface area contributed by atoms with Gasteiger partial charge in [0.15, 0.2) is 86.2 Å². The Balaban J connectivity index is 0.000000468. The number of Topliss-reactive ketones (excluding diaryl/α,β-unsaturated/α-hetero) is 4. The molecule has 0 atom stereocenters. The van der Waals surface area contributed by atoms with Crippen molar-refractivity contribution in [2.75, 3.05) is 122 Å². The zero-order valence-corrected chi connectivity index (χ0v) is 73.6. The molecule has 0 amide bonds. The Kier molecular flexibility index (Phi) is 44.9. The third kappa shape index (κ3) is 31.5. The summed E-state index contributed by atoms with van der Waals surface area (Å²) < 4.78 is 105. The second-order valence-electron chi connectivity index (χ2n) is 24.9. The number of H-pyrrole nitrogens is 1. The molecule has 0 saturated heterocycles. The highest BCUT2D eigenvalue weighted by Gasteiger charge is 2.26. The summed E-state index contributed by atoms with van der Waals surface area (Å²) in [6.07, 6.45) is 7.63. The molecule has 4 N–H and O–H groups in total. The molecule has 0 radical (unpaired) electrons. The van der Waals surface area contributed by atoms with Crippen molar-refractivity contribution in [3.63, 3.8) is 0 Å². The number of ether oxygens (including phenoxy) is 10. The van der Waals surface area contributed by atoms with Crippen LogP contribution >= 0.6 is 15.9 Å². The van der Waals surface area contributed by atoms with Crippen molar-refractivity contribution in [1.82, 2.24) is 34.6 Å². The van der Waals surface area contributed by atoms with E-state index in [1.807, 2.05) is 46.8 Å². The van der Waals surface area contributed by atoms with Gasteiger partial charge in [-0.15, -0.1) is 6.58 Å². The smallest absolute Gasteiger partial charge is 0.360 e. The number of aryl methyl sites for hydroxylation is 5. The number of rotatable bonds is 32. The number of aliphatic hydroxyl groups excluding tert-OH is 2. The maximum atomic E-state index is 11.9. The number of nitrogens with one attached hydrogen (secondary N) is 2. The van der Waals surface area contributed by atoms with E-state index in [0.29, 0.717) is 107 Å². The number of carbonyl (C=O) groups excluding carboxylic acids is 7. The Bertz CT molecular complexity index is 4940. The average molecular weight is 1760 g/mol. The van der Waals surface area contributed by atoms with Gasteiger partial charge in [-0.2, -0.15) is 16.8 Å². The second kappa shape index (κ2) is 51.3. The molecule has 0 fully saturated rings. The SMILES string of the molecule is C=CCc1cc(C)c(OC)c(C(=O)OC)n1.CCC(=O)c1[nH]c(CCOS(C)(=O)=O)cc(=O)c1OC.CCC(=O)c1c(OC)c(=O)cc2n1NCC2.CCC(=O)c1nc(CCO)cc(C)c1OC.CCC(=O)c1nc(CCOS(C)(=O)=O)cc(C)c1OC.COC(=O)c1nc(Br)cc(C)c1OC.COC(=O)c1nc(CCO)cc(C)c1OC. The minimum Gasteiger partial charge on any atom is -0.494 e. The molecule has 1 aliphatic rings. The number of hydrogen-bond donors (Lipinski definition) is 4. The van der Waals surface area contributed by atoms with Crippen LogP contribution in [-0.4, -0.2) is 219 Å². The summed E-state index contributed by atoms with van der Waals surface area (Å²) in [4.78, 5) is 129. The summed E-state index contributed by atoms with van der Waals surface area (Å²) in [6.45, 7) is 20.4. The van der Waals surface area contributed by atoms with Crippen LogP contribution in [-0.2, 0) is 81.3 Å². The van der Waals surface area contributed by atoms with E-state index in [1.54, 1.807) is 56.6 Å². The summed E-state index contributed by atoms with van der Waals surface area (Å²) >= 11 is 3.20. The minimum atomic E-state index is -3.53. The molecule has 8 rings (SSSR count). The number of allylic oxidation sites excluding steroid dienone is 1. The Hall–Kier alpha value is -10.9. The molecule has 0 saturated carbocycles. The van der Waals surface area contributed by atoms with E-state index in [4.69, 9.17) is 43.4 Å². The number of ketones is 4. The average Bonchev–Trinajstić information content (AvgIpc) is 1.61. The zero-order valence-electron chi connectivity index (χ0n) is 70.4. The molecule has 7 aromatic heterocycles. The van der Waals surface area contributed by atoms with Crippen molar-refractivity contribution < 1.29 is 116 Å². The van der Waals surface area contributed by atoms with Crippen LogP contribution < -0.4 is 49.4 Å². The van der Waals surface area contributed by atoms with Crippen molar-refractivity contribution >= 4 is 77.2 Å². The van der Waals surface area contributed by atoms with Crippen molar-refractivity contribution in [2.24, 2.45) is 0 Å². The zero-order chi connectivity index (χ0) is 89.5. The van der Waals surface area contributed by atoms with Crippen molar-refractivity contribution in [2.45, 2.75) is 127 Å². The molecule has 1 aliphatic heterocycles. The molecule has 118 heavy (non-hydrogen) atoms. The fourth-order valence-corrected chi connectivity index (χ4v) is 12.2. The number of aromatic amines is 1. The normalized spacial score (nSPS) is 10.8. The lowest BCUT2D eigenvalue weighted by Gasteiger charge is -2.14. The first kappa shape index (κ1) is 103. The summed E-state index contributed by atoms with van der Waals surface area (Å²) in [5.41, 5.74) is 12.1. The van der Waals surface area contributed by atoms with E-state index >= 15 is 0 Å². The lowest BCUT2D eigenvalue weighted by Crippen LogP contribution is -2.23. The van der Waals surface area contributed by atoms with E-state index in [2.05, 4.69) is 80.4 Å². The molecule has 35 nitrogen and oxygen atoms in total. The van der Waals surface area contributed by atoms with Crippen molar-refractivity contribution in [3.8, 4) is 40.2 Å². The van der Waals surface area contributed by atoms with Gasteiger partial charge in [-0.25, -0.2) is 39.3 Å². The molecule has 38 heteroatoms. The summed E-state index contributed by atoms with van der Waals surface area (Å²) in [6, 6.07) is 11.8. The summed E-state index contributed by atoms with van der Waals surface area (Å²) in [5, 5.41) is 17.7. The van der Waals surface area contributed by atoms with Gasteiger partial charge >= 0.3 is 17.9 Å². The fourth-order valence-electron chi connectivity index (χ4n) is 10.9. The molecule has 648 valence electrons. The lowest BCUT2D eigenvalue weighted by atomic mass is 10.1. The first-order valence-corrected chi connectivity index (χ1v) is 40.8. The highest BCUT2D eigenvalue weighted by molar-refractivity contribution is 9.10. The third-order valence-corrected chi connectivity index (χ3v) is 17.8. The van der Waals surface area contributed by atoms with Crippen LogP contribution in [0, 0.1) is 34.6 Å². The van der Waals surface area contributed by atoms with Crippen molar-refractivity contribution in [1.29, 1.82) is 0 Å². The third-order valence-electron chi connectivity index (χ3n) is 16.2. The molecule has 7 aromatic rings. The fraction of sp³-hybridized carbons (Fsp3) is 0.450. The molecule has 0 aromatic carbocycles. The first-order valence-electron chi connectivity index (χ1n) is 36.4. The van der Waals surface area contributed by atoms with Gasteiger partial charge in [0.05, 0.1) is 96.8 Å². The summed E-state index contributed by atoms with van der Waals surface area (Å²) in [5.74, 6) is 0.350. The number of fused-ring (bicyclic) bond motifs is 1. The second-order valence-corrected chi connectivity index (χ2v) is 29.0. The highest BCUT2D eigenvalue weighted by Crippen LogP contribution is 2.30. The highest BCUT2D eigenvalue weighted by atomic mass is 79.9. The maximum absolute atomic E-state index is 11.9. The molecular formula is C80H107BrN8O27S2. The maximum Gasteiger partial charge on any atom is 0.360 e. The molecular weight excluding hydrogens is 1650 g/mol. The number of hydrogen-bond acceptors (Lipinski definition) is 33. The van der Waals surface area contributed by atoms with Gasteiger partial charge in [-0.3, -0.25) is 41.8 Å². The van der Waals surface area contributed by atoms with Gasteiger partial charge in [0.2, 0.25) is 10.9 Å². The molecule has 8 heterocycles. The predicted octanol–water partition coefficient (Wildman–Crippen LogP) is 8.66. The van der Waals surface area contributed by atoms with E-state index < -0.39 is 43.6 Å². The Labute approximate surface area is 695 Å². The van der Waals surface area contributed by atoms with Crippen LogP contribution in [0.5, 0.6) is 40.2 Å². The number of pyridine rings is 7. The number of aromatic nitrogens is 7. The molecule has 0 aliphatic carbocycles. The minimum absolute atomic E-state index is 0.00262. The van der Waals surface area contributed by atoms with Gasteiger partial charge in [0, 0.05) is 130 Å². The number of nitrogens with zero attached hydrogens (tertiary/aromatic N) is 6. The number of halogens is 1.